The van der Waals surface area contributed by atoms with Gasteiger partial charge in [0.1, 0.15) is 11.6 Å². The number of benzene rings is 2. The van der Waals surface area contributed by atoms with Crippen LogP contribution in [0.3, 0.4) is 0 Å². The largest absolute Gasteiger partial charge is 0.497 e. The van der Waals surface area contributed by atoms with E-state index in [1.165, 1.54) is 23.9 Å². The van der Waals surface area contributed by atoms with E-state index in [2.05, 4.69) is 20.5 Å². The van der Waals surface area contributed by atoms with Gasteiger partial charge < -0.3 is 10.1 Å². The van der Waals surface area contributed by atoms with Crippen molar-refractivity contribution in [3.05, 3.63) is 59.9 Å². The Labute approximate surface area is 166 Å². The molecule has 8 heteroatoms. The summed E-state index contributed by atoms with van der Waals surface area (Å²) in [5.74, 6) is 0.942. The van der Waals surface area contributed by atoms with E-state index in [9.17, 15) is 9.18 Å². The minimum Gasteiger partial charge on any atom is -0.497 e. The molecule has 0 unspecified atom stereocenters. The lowest BCUT2D eigenvalue weighted by Gasteiger charge is -2.17. The predicted octanol–water partition coefficient (Wildman–Crippen LogP) is 3.98. The van der Waals surface area contributed by atoms with Crippen molar-refractivity contribution in [2.45, 2.75) is 30.3 Å². The Balaban J connectivity index is 1.59. The highest BCUT2D eigenvalue weighted by Crippen LogP contribution is 2.24. The molecule has 0 aliphatic carbocycles. The molecule has 0 spiro atoms. The van der Waals surface area contributed by atoms with Crippen molar-refractivity contribution < 1.29 is 13.9 Å². The van der Waals surface area contributed by atoms with Crippen molar-refractivity contribution in [2.75, 3.05) is 7.11 Å². The van der Waals surface area contributed by atoms with Crippen molar-refractivity contribution in [1.29, 1.82) is 0 Å². The van der Waals surface area contributed by atoms with E-state index in [-0.39, 0.29) is 23.0 Å². The standard InChI is InChI=1S/C20H21FN4O2S/c1-12(14-4-8-16(21)9-5-14)22-19(26)13(2)28-20-23-18(24-25-20)15-6-10-17(27-3)11-7-15/h4-13H,1-3H3,(H,22,26)(H,23,24,25)/t12-,13+/m0/s1. The fourth-order valence-corrected chi connectivity index (χ4v) is 3.29. The van der Waals surface area contributed by atoms with Crippen molar-refractivity contribution in [3.8, 4) is 17.1 Å². The van der Waals surface area contributed by atoms with Crippen molar-refractivity contribution in [1.82, 2.24) is 20.5 Å². The number of carbonyl (C=O) groups excluding carboxylic acids is 1. The smallest absolute Gasteiger partial charge is 0.233 e. The number of methoxy groups -OCH3 is 1. The lowest BCUT2D eigenvalue weighted by Crippen LogP contribution is -2.33. The first-order valence-corrected chi connectivity index (χ1v) is 9.63. The zero-order valence-electron chi connectivity index (χ0n) is 15.8. The molecular weight excluding hydrogens is 379 g/mol. The van der Waals surface area contributed by atoms with E-state index in [1.807, 2.05) is 31.2 Å². The minimum atomic E-state index is -0.387. The second-order valence-electron chi connectivity index (χ2n) is 6.24. The summed E-state index contributed by atoms with van der Waals surface area (Å²) in [6.45, 7) is 3.65. The molecule has 0 saturated carbocycles. The van der Waals surface area contributed by atoms with Crippen molar-refractivity contribution in [2.24, 2.45) is 0 Å². The summed E-state index contributed by atoms with van der Waals surface area (Å²) in [6.07, 6.45) is 0. The van der Waals surface area contributed by atoms with Crippen molar-refractivity contribution >= 4 is 17.7 Å². The molecule has 3 rings (SSSR count). The predicted molar refractivity (Wildman–Crippen MR) is 107 cm³/mol. The zero-order chi connectivity index (χ0) is 20.1. The summed E-state index contributed by atoms with van der Waals surface area (Å²) in [4.78, 5) is 16.9. The average Bonchev–Trinajstić information content (AvgIpc) is 3.17. The maximum absolute atomic E-state index is 13.0. The van der Waals surface area contributed by atoms with Crippen LogP contribution in [0, 0.1) is 5.82 Å². The summed E-state index contributed by atoms with van der Waals surface area (Å²) >= 11 is 1.26. The summed E-state index contributed by atoms with van der Waals surface area (Å²) in [5, 5.41) is 10.1. The highest BCUT2D eigenvalue weighted by atomic mass is 32.2. The third-order valence-corrected chi connectivity index (χ3v) is 5.17. The summed E-state index contributed by atoms with van der Waals surface area (Å²) in [7, 11) is 1.61. The van der Waals surface area contributed by atoms with E-state index >= 15 is 0 Å². The van der Waals surface area contributed by atoms with Gasteiger partial charge in [-0.2, -0.15) is 0 Å². The van der Waals surface area contributed by atoms with E-state index in [4.69, 9.17) is 4.74 Å². The number of nitrogens with zero attached hydrogens (tertiary/aromatic N) is 2. The van der Waals surface area contributed by atoms with Crippen LogP contribution in [-0.4, -0.2) is 33.4 Å². The van der Waals surface area contributed by atoms with Crippen LogP contribution in [-0.2, 0) is 4.79 Å². The lowest BCUT2D eigenvalue weighted by molar-refractivity contribution is -0.120. The maximum Gasteiger partial charge on any atom is 0.233 e. The third-order valence-electron chi connectivity index (χ3n) is 4.21. The number of nitrogens with one attached hydrogen (secondary N) is 2. The van der Waals surface area contributed by atoms with E-state index < -0.39 is 0 Å². The summed E-state index contributed by atoms with van der Waals surface area (Å²) in [5.41, 5.74) is 1.72. The highest BCUT2D eigenvalue weighted by Gasteiger charge is 2.19. The van der Waals surface area contributed by atoms with Gasteiger partial charge in [0.25, 0.3) is 0 Å². The first-order valence-electron chi connectivity index (χ1n) is 8.75. The van der Waals surface area contributed by atoms with E-state index in [0.717, 1.165) is 16.9 Å². The Morgan fingerprint density at radius 3 is 2.46 bits per heavy atom. The normalized spacial score (nSPS) is 13.0. The van der Waals surface area contributed by atoms with Crippen LogP contribution in [0.4, 0.5) is 4.39 Å². The van der Waals surface area contributed by atoms with Crippen LogP contribution in [0.5, 0.6) is 5.75 Å². The molecule has 2 atom stereocenters. The molecule has 1 amide bonds. The van der Waals surface area contributed by atoms with Gasteiger partial charge >= 0.3 is 0 Å². The molecule has 0 bridgehead atoms. The van der Waals surface area contributed by atoms with E-state index in [1.54, 1.807) is 26.2 Å². The van der Waals surface area contributed by atoms with Gasteiger partial charge in [0.2, 0.25) is 11.1 Å². The van der Waals surface area contributed by atoms with Gasteiger partial charge in [0.05, 0.1) is 18.4 Å². The lowest BCUT2D eigenvalue weighted by atomic mass is 10.1. The Kier molecular flexibility index (Phi) is 6.30. The molecule has 0 aliphatic rings. The second kappa shape index (κ2) is 8.88. The minimum absolute atomic E-state index is 0.141. The molecule has 6 nitrogen and oxygen atoms in total. The molecular formula is C20H21FN4O2S. The molecule has 3 aromatic rings. The Hall–Kier alpha value is -2.87. The number of halogens is 1. The number of thioether (sulfide) groups is 1. The Bertz CT molecular complexity index is 928. The first kappa shape index (κ1) is 19.9. The number of amides is 1. The van der Waals surface area contributed by atoms with Gasteiger partial charge in [-0.25, -0.2) is 9.37 Å². The summed E-state index contributed by atoms with van der Waals surface area (Å²) < 4.78 is 18.2. The Morgan fingerprint density at radius 1 is 1.14 bits per heavy atom. The third kappa shape index (κ3) is 4.89. The monoisotopic (exact) mass is 400 g/mol. The fourth-order valence-electron chi connectivity index (χ4n) is 2.55. The van der Waals surface area contributed by atoms with Crippen LogP contribution in [0.25, 0.3) is 11.4 Å². The molecule has 0 fully saturated rings. The number of H-pyrrole nitrogens is 1. The molecule has 0 aliphatic heterocycles. The molecule has 28 heavy (non-hydrogen) atoms. The fraction of sp³-hybridized carbons (Fsp3) is 0.250. The van der Waals surface area contributed by atoms with Crippen LogP contribution in [0.2, 0.25) is 0 Å². The highest BCUT2D eigenvalue weighted by molar-refractivity contribution is 8.00. The first-order chi connectivity index (χ1) is 13.5. The molecule has 2 aromatic carbocycles. The molecule has 0 radical (unpaired) electrons. The molecule has 0 saturated heterocycles. The van der Waals surface area contributed by atoms with Gasteiger partial charge in [-0.1, -0.05) is 23.9 Å². The quantitative estimate of drug-likeness (QED) is 0.587. The van der Waals surface area contributed by atoms with Gasteiger partial charge in [-0.15, -0.1) is 5.10 Å². The number of aromatic amines is 1. The SMILES string of the molecule is COc1ccc(-c2nc(S[C@H](C)C(=O)N[C@@H](C)c3ccc(F)cc3)n[nH]2)cc1. The number of hydrogen-bond acceptors (Lipinski definition) is 5. The van der Waals surface area contributed by atoms with Gasteiger partial charge in [-0.05, 0) is 55.8 Å². The summed E-state index contributed by atoms with van der Waals surface area (Å²) in [6, 6.07) is 13.3. The zero-order valence-corrected chi connectivity index (χ0v) is 16.6. The topological polar surface area (TPSA) is 79.9 Å². The number of hydrogen-bond donors (Lipinski definition) is 2. The number of carbonyl (C=O) groups is 1. The Morgan fingerprint density at radius 2 is 1.82 bits per heavy atom. The van der Waals surface area contributed by atoms with Gasteiger partial charge in [-0.3, -0.25) is 9.89 Å². The maximum atomic E-state index is 13.0. The molecule has 1 aromatic heterocycles. The molecule has 1 heterocycles. The van der Waals surface area contributed by atoms with Gasteiger partial charge in [0, 0.05) is 5.56 Å². The number of aromatic nitrogens is 3. The average molecular weight is 400 g/mol. The van der Waals surface area contributed by atoms with Crippen LogP contribution in [0.15, 0.2) is 53.7 Å². The van der Waals surface area contributed by atoms with Gasteiger partial charge in [0.15, 0.2) is 5.82 Å². The number of ether oxygens (including phenoxy) is 1. The van der Waals surface area contributed by atoms with Crippen LogP contribution >= 0.6 is 11.8 Å². The second-order valence-corrected chi connectivity index (χ2v) is 7.54. The van der Waals surface area contributed by atoms with Crippen molar-refractivity contribution in [3.63, 3.8) is 0 Å². The molecule has 2 N–H and O–H groups in total. The molecule has 146 valence electrons. The van der Waals surface area contributed by atoms with E-state index in [0.29, 0.717) is 11.0 Å². The van der Waals surface area contributed by atoms with Crippen LogP contribution < -0.4 is 10.1 Å². The van der Waals surface area contributed by atoms with Crippen LogP contribution in [0.1, 0.15) is 25.5 Å². The number of rotatable bonds is 7.